The summed E-state index contributed by atoms with van der Waals surface area (Å²) in [6.07, 6.45) is 4.56. The number of hydrogen-bond acceptors (Lipinski definition) is 6. The molecule has 1 saturated carbocycles. The van der Waals surface area contributed by atoms with E-state index in [4.69, 9.17) is 4.74 Å². The molecule has 3 rings (SSSR count). The van der Waals surface area contributed by atoms with E-state index in [9.17, 15) is 5.11 Å². The molecule has 0 bridgehead atoms. The highest BCUT2D eigenvalue weighted by atomic mass is 32.1. The van der Waals surface area contributed by atoms with Gasteiger partial charge in [0.15, 0.2) is 0 Å². The van der Waals surface area contributed by atoms with Crippen molar-refractivity contribution in [1.29, 1.82) is 0 Å². The molecular weight excluding hydrogens is 298 g/mol. The van der Waals surface area contributed by atoms with Crippen molar-refractivity contribution >= 4 is 11.5 Å². The Kier molecular flexibility index (Phi) is 5.37. The summed E-state index contributed by atoms with van der Waals surface area (Å²) >= 11 is 1.34. The van der Waals surface area contributed by atoms with E-state index < -0.39 is 6.10 Å². The van der Waals surface area contributed by atoms with Crippen molar-refractivity contribution in [3.8, 4) is 17.0 Å². The summed E-state index contributed by atoms with van der Waals surface area (Å²) in [6, 6.07) is 8.27. The van der Waals surface area contributed by atoms with Gasteiger partial charge in [0.1, 0.15) is 24.2 Å². The van der Waals surface area contributed by atoms with Crippen molar-refractivity contribution in [1.82, 2.24) is 14.9 Å². The Hall–Kier alpha value is -1.50. The number of aliphatic hydroxyl groups excluding tert-OH is 1. The van der Waals surface area contributed by atoms with Crippen molar-refractivity contribution in [2.24, 2.45) is 0 Å². The minimum atomic E-state index is -0.483. The smallest absolute Gasteiger partial charge is 0.119 e. The van der Waals surface area contributed by atoms with Crippen LogP contribution in [0.1, 0.15) is 25.7 Å². The lowest BCUT2D eigenvalue weighted by atomic mass is 10.2. The first kappa shape index (κ1) is 15.4. The molecule has 6 heteroatoms. The molecule has 2 N–H and O–H groups in total. The first-order chi connectivity index (χ1) is 10.8. The molecule has 1 atom stereocenters. The van der Waals surface area contributed by atoms with E-state index in [1.807, 2.05) is 29.6 Å². The van der Waals surface area contributed by atoms with Crippen molar-refractivity contribution in [2.75, 3.05) is 13.2 Å². The average molecular weight is 319 g/mol. The van der Waals surface area contributed by atoms with E-state index in [-0.39, 0.29) is 0 Å². The van der Waals surface area contributed by atoms with Crippen LogP contribution in [-0.4, -0.2) is 40.0 Å². The molecule has 1 unspecified atom stereocenters. The maximum atomic E-state index is 9.97. The van der Waals surface area contributed by atoms with Crippen LogP contribution in [0.3, 0.4) is 0 Å². The number of aromatic nitrogens is 2. The Morgan fingerprint density at radius 3 is 2.73 bits per heavy atom. The quantitative estimate of drug-likeness (QED) is 0.820. The Balaban J connectivity index is 1.42. The van der Waals surface area contributed by atoms with Gasteiger partial charge in [0.25, 0.3) is 0 Å². The van der Waals surface area contributed by atoms with Gasteiger partial charge in [0.2, 0.25) is 0 Å². The average Bonchev–Trinajstić information content (AvgIpc) is 3.24. The maximum absolute atomic E-state index is 9.97. The zero-order chi connectivity index (χ0) is 15.2. The number of aliphatic hydroxyl groups is 1. The molecule has 1 aliphatic rings. The van der Waals surface area contributed by atoms with Gasteiger partial charge >= 0.3 is 0 Å². The lowest BCUT2D eigenvalue weighted by Crippen LogP contribution is -2.36. The normalized spacial score (nSPS) is 16.8. The van der Waals surface area contributed by atoms with Gasteiger partial charge < -0.3 is 15.2 Å². The minimum Gasteiger partial charge on any atom is -0.491 e. The first-order valence-corrected chi connectivity index (χ1v) is 8.56. The van der Waals surface area contributed by atoms with Gasteiger partial charge in [-0.15, -0.1) is 5.10 Å². The van der Waals surface area contributed by atoms with Crippen LogP contribution in [0.2, 0.25) is 0 Å². The maximum Gasteiger partial charge on any atom is 0.119 e. The predicted molar refractivity (Wildman–Crippen MR) is 87.1 cm³/mol. The number of hydrogen-bond donors (Lipinski definition) is 2. The van der Waals surface area contributed by atoms with E-state index in [0.717, 1.165) is 17.0 Å². The van der Waals surface area contributed by atoms with Crippen LogP contribution in [-0.2, 0) is 0 Å². The lowest BCUT2D eigenvalue weighted by Gasteiger charge is -2.16. The molecule has 0 spiro atoms. The van der Waals surface area contributed by atoms with Crippen LogP contribution in [0.4, 0.5) is 0 Å². The number of ether oxygens (including phenoxy) is 1. The number of benzene rings is 1. The molecule has 0 aliphatic heterocycles. The summed E-state index contributed by atoms with van der Waals surface area (Å²) < 4.78 is 9.49. The van der Waals surface area contributed by atoms with Gasteiger partial charge in [-0.05, 0) is 48.6 Å². The van der Waals surface area contributed by atoms with Crippen LogP contribution < -0.4 is 10.1 Å². The van der Waals surface area contributed by atoms with Crippen molar-refractivity contribution in [2.45, 2.75) is 37.8 Å². The molecule has 2 aromatic rings. The van der Waals surface area contributed by atoms with E-state index in [0.29, 0.717) is 19.2 Å². The summed E-state index contributed by atoms with van der Waals surface area (Å²) in [4.78, 5) is 0. The van der Waals surface area contributed by atoms with Crippen molar-refractivity contribution in [3.63, 3.8) is 0 Å². The monoisotopic (exact) mass is 319 g/mol. The minimum absolute atomic E-state index is 0.303. The second-order valence-corrected chi connectivity index (χ2v) is 6.28. The SMILES string of the molecule is OC(CNC1CCCC1)COc1ccc(-c2csnn2)cc1. The summed E-state index contributed by atoms with van der Waals surface area (Å²) in [5, 5.41) is 19.3. The van der Waals surface area contributed by atoms with Gasteiger partial charge in [0.05, 0.1) is 0 Å². The third-order valence-corrected chi connectivity index (χ3v) is 4.45. The molecule has 22 heavy (non-hydrogen) atoms. The molecule has 0 saturated heterocycles. The number of nitrogens with one attached hydrogen (secondary N) is 1. The van der Waals surface area contributed by atoms with Crippen molar-refractivity contribution in [3.05, 3.63) is 29.6 Å². The highest BCUT2D eigenvalue weighted by molar-refractivity contribution is 7.03. The summed E-state index contributed by atoms with van der Waals surface area (Å²) in [6.45, 7) is 0.893. The Labute approximate surface area is 134 Å². The van der Waals surface area contributed by atoms with Crippen LogP contribution >= 0.6 is 11.5 Å². The molecule has 0 radical (unpaired) electrons. The van der Waals surface area contributed by atoms with Crippen LogP contribution in [0.15, 0.2) is 29.6 Å². The number of nitrogens with zero attached hydrogens (tertiary/aromatic N) is 2. The molecule has 1 heterocycles. The van der Waals surface area contributed by atoms with Gasteiger partial charge in [-0.1, -0.05) is 17.3 Å². The second kappa shape index (κ2) is 7.67. The zero-order valence-electron chi connectivity index (χ0n) is 12.4. The van der Waals surface area contributed by atoms with Gasteiger partial charge in [-0.3, -0.25) is 0 Å². The molecule has 0 amide bonds. The summed E-state index contributed by atoms with van der Waals surface area (Å²) in [5.41, 5.74) is 1.89. The molecule has 1 aromatic carbocycles. The molecular formula is C16H21N3O2S. The Bertz CT molecular complexity index is 553. The summed E-state index contributed by atoms with van der Waals surface area (Å²) in [5.74, 6) is 0.756. The largest absolute Gasteiger partial charge is 0.491 e. The fourth-order valence-corrected chi connectivity index (χ4v) is 3.16. The highest BCUT2D eigenvalue weighted by Crippen LogP contribution is 2.21. The molecule has 1 aromatic heterocycles. The molecule has 5 nitrogen and oxygen atoms in total. The summed E-state index contributed by atoms with van der Waals surface area (Å²) in [7, 11) is 0. The molecule has 1 aliphatic carbocycles. The third-order valence-electron chi connectivity index (χ3n) is 3.95. The first-order valence-electron chi connectivity index (χ1n) is 7.73. The van der Waals surface area contributed by atoms with Crippen LogP contribution in [0.25, 0.3) is 11.3 Å². The second-order valence-electron chi connectivity index (χ2n) is 5.67. The third kappa shape index (κ3) is 4.25. The fraction of sp³-hybridized carbons (Fsp3) is 0.500. The molecule has 118 valence electrons. The van der Waals surface area contributed by atoms with E-state index >= 15 is 0 Å². The van der Waals surface area contributed by atoms with Crippen molar-refractivity contribution < 1.29 is 9.84 Å². The van der Waals surface area contributed by atoms with Gasteiger partial charge in [-0.2, -0.15) is 0 Å². The van der Waals surface area contributed by atoms with E-state index in [1.165, 1.54) is 37.2 Å². The van der Waals surface area contributed by atoms with E-state index in [1.54, 1.807) is 0 Å². The van der Waals surface area contributed by atoms with Crippen LogP contribution in [0, 0.1) is 0 Å². The fourth-order valence-electron chi connectivity index (χ4n) is 2.70. The predicted octanol–water partition coefficient (Wildman–Crippen LogP) is 2.48. The van der Waals surface area contributed by atoms with Gasteiger partial charge in [0, 0.05) is 23.5 Å². The standard InChI is InChI=1S/C16H21N3O2S/c20-14(9-17-13-3-1-2-4-13)10-21-15-7-5-12(6-8-15)16-11-22-19-18-16/h5-8,11,13-14,17,20H,1-4,9-10H2. The Morgan fingerprint density at radius 2 is 2.05 bits per heavy atom. The zero-order valence-corrected chi connectivity index (χ0v) is 13.3. The number of rotatable bonds is 7. The lowest BCUT2D eigenvalue weighted by molar-refractivity contribution is 0.104. The Morgan fingerprint density at radius 1 is 1.27 bits per heavy atom. The topological polar surface area (TPSA) is 67.3 Å². The highest BCUT2D eigenvalue weighted by Gasteiger charge is 2.15. The molecule has 1 fully saturated rings. The van der Waals surface area contributed by atoms with Crippen LogP contribution in [0.5, 0.6) is 5.75 Å². The van der Waals surface area contributed by atoms with Gasteiger partial charge in [-0.25, -0.2) is 0 Å². The van der Waals surface area contributed by atoms with E-state index in [2.05, 4.69) is 14.9 Å².